The summed E-state index contributed by atoms with van der Waals surface area (Å²) in [5, 5.41) is 0. The van der Waals surface area contributed by atoms with Gasteiger partial charge in [-0.15, -0.1) is 0 Å². The van der Waals surface area contributed by atoms with E-state index >= 15 is 0 Å². The smallest absolute Gasteiger partial charge is 0.120 e. The summed E-state index contributed by atoms with van der Waals surface area (Å²) in [6, 6.07) is 6.40. The highest BCUT2D eigenvalue weighted by Gasteiger charge is 2.21. The van der Waals surface area contributed by atoms with Gasteiger partial charge in [-0.3, -0.25) is 0 Å². The summed E-state index contributed by atoms with van der Waals surface area (Å²) in [6.45, 7) is 2.87. The van der Waals surface area contributed by atoms with Crippen LogP contribution in [0.4, 0.5) is 0 Å². The first kappa shape index (κ1) is 11.9. The van der Waals surface area contributed by atoms with E-state index in [4.69, 9.17) is 10.5 Å². The molecule has 1 saturated carbocycles. The Hall–Kier alpha value is -0.540. The molecule has 0 aromatic heterocycles. The Morgan fingerprint density at radius 1 is 1.44 bits per heavy atom. The molecule has 0 aliphatic heterocycles. The summed E-state index contributed by atoms with van der Waals surface area (Å²) in [5.41, 5.74) is 7.03. The standard InChI is InChI=1S/C13H18BrNO/c1-9(15)4-11-5-12(14)7-13(6-11)16-8-10-2-3-10/h5-7,9-10H,2-4,8,15H2,1H3. The van der Waals surface area contributed by atoms with Crippen LogP contribution in [-0.4, -0.2) is 12.6 Å². The lowest BCUT2D eigenvalue weighted by Gasteiger charge is -2.10. The van der Waals surface area contributed by atoms with Gasteiger partial charge in [-0.05, 0) is 55.9 Å². The van der Waals surface area contributed by atoms with Crippen LogP contribution < -0.4 is 10.5 Å². The van der Waals surface area contributed by atoms with Crippen LogP contribution in [0.25, 0.3) is 0 Å². The normalized spacial score (nSPS) is 17.2. The van der Waals surface area contributed by atoms with Crippen LogP contribution in [0.1, 0.15) is 25.3 Å². The second-order valence-corrected chi connectivity index (χ2v) is 5.65. The number of benzene rings is 1. The first-order chi connectivity index (χ1) is 7.63. The van der Waals surface area contributed by atoms with Crippen LogP contribution in [0.5, 0.6) is 5.75 Å². The third-order valence-corrected chi connectivity index (χ3v) is 3.13. The molecule has 1 atom stereocenters. The number of nitrogens with two attached hydrogens (primary N) is 1. The van der Waals surface area contributed by atoms with Crippen LogP contribution in [-0.2, 0) is 6.42 Å². The highest BCUT2D eigenvalue weighted by atomic mass is 79.9. The monoisotopic (exact) mass is 283 g/mol. The van der Waals surface area contributed by atoms with Gasteiger partial charge in [0.1, 0.15) is 5.75 Å². The predicted octanol–water partition coefficient (Wildman–Crippen LogP) is 3.13. The molecule has 0 amide bonds. The van der Waals surface area contributed by atoms with Crippen molar-refractivity contribution in [1.29, 1.82) is 0 Å². The maximum Gasteiger partial charge on any atom is 0.120 e. The molecule has 16 heavy (non-hydrogen) atoms. The Labute approximate surface area is 105 Å². The molecule has 1 aliphatic rings. The zero-order chi connectivity index (χ0) is 11.5. The van der Waals surface area contributed by atoms with E-state index in [1.165, 1.54) is 18.4 Å². The molecular formula is C13H18BrNO. The average Bonchev–Trinajstić information content (AvgIpc) is 2.95. The van der Waals surface area contributed by atoms with E-state index in [1.54, 1.807) is 0 Å². The van der Waals surface area contributed by atoms with E-state index in [9.17, 15) is 0 Å². The maximum absolute atomic E-state index is 5.80. The van der Waals surface area contributed by atoms with Gasteiger partial charge in [0.2, 0.25) is 0 Å². The molecule has 1 aliphatic carbocycles. The van der Waals surface area contributed by atoms with E-state index in [0.29, 0.717) is 0 Å². The van der Waals surface area contributed by atoms with E-state index in [0.717, 1.165) is 29.2 Å². The number of rotatable bonds is 5. The van der Waals surface area contributed by atoms with Crippen LogP contribution in [0.2, 0.25) is 0 Å². The van der Waals surface area contributed by atoms with Gasteiger partial charge in [0.15, 0.2) is 0 Å². The molecule has 3 heteroatoms. The fourth-order valence-corrected chi connectivity index (χ4v) is 2.21. The second kappa shape index (κ2) is 5.19. The topological polar surface area (TPSA) is 35.2 Å². The molecule has 0 saturated heterocycles. The van der Waals surface area contributed by atoms with Crippen molar-refractivity contribution >= 4 is 15.9 Å². The van der Waals surface area contributed by atoms with Crippen LogP contribution >= 0.6 is 15.9 Å². The van der Waals surface area contributed by atoms with Gasteiger partial charge in [0.25, 0.3) is 0 Å². The minimum Gasteiger partial charge on any atom is -0.493 e. The third kappa shape index (κ3) is 3.80. The van der Waals surface area contributed by atoms with Crippen LogP contribution in [0.15, 0.2) is 22.7 Å². The summed E-state index contributed by atoms with van der Waals surface area (Å²) in [4.78, 5) is 0. The van der Waals surface area contributed by atoms with Gasteiger partial charge >= 0.3 is 0 Å². The maximum atomic E-state index is 5.80. The summed E-state index contributed by atoms with van der Waals surface area (Å²) in [7, 11) is 0. The minimum atomic E-state index is 0.186. The Morgan fingerprint density at radius 2 is 2.19 bits per heavy atom. The van der Waals surface area contributed by atoms with Crippen molar-refractivity contribution in [3.05, 3.63) is 28.2 Å². The molecule has 0 bridgehead atoms. The average molecular weight is 284 g/mol. The zero-order valence-corrected chi connectivity index (χ0v) is 11.2. The SMILES string of the molecule is CC(N)Cc1cc(Br)cc(OCC2CC2)c1. The molecule has 2 rings (SSSR count). The summed E-state index contributed by atoms with van der Waals surface area (Å²) >= 11 is 3.50. The Kier molecular flexibility index (Phi) is 3.87. The molecule has 2 N–H and O–H groups in total. The molecule has 0 radical (unpaired) electrons. The van der Waals surface area contributed by atoms with E-state index < -0.39 is 0 Å². The predicted molar refractivity (Wildman–Crippen MR) is 69.7 cm³/mol. The number of hydrogen-bond acceptors (Lipinski definition) is 2. The van der Waals surface area contributed by atoms with Gasteiger partial charge in [0, 0.05) is 10.5 Å². The molecule has 1 aromatic carbocycles. The van der Waals surface area contributed by atoms with Crippen LogP contribution in [0, 0.1) is 5.92 Å². The van der Waals surface area contributed by atoms with E-state index in [2.05, 4.69) is 28.1 Å². The van der Waals surface area contributed by atoms with E-state index in [-0.39, 0.29) is 6.04 Å². The summed E-state index contributed by atoms with van der Waals surface area (Å²) in [6.07, 6.45) is 3.53. The highest BCUT2D eigenvalue weighted by Crippen LogP contribution is 2.30. The molecule has 0 heterocycles. The molecule has 0 spiro atoms. The fraction of sp³-hybridized carbons (Fsp3) is 0.538. The largest absolute Gasteiger partial charge is 0.493 e. The number of ether oxygens (including phenoxy) is 1. The Morgan fingerprint density at radius 3 is 2.81 bits per heavy atom. The Bertz CT molecular complexity index is 361. The zero-order valence-electron chi connectivity index (χ0n) is 9.58. The lowest BCUT2D eigenvalue weighted by atomic mass is 10.1. The highest BCUT2D eigenvalue weighted by molar-refractivity contribution is 9.10. The van der Waals surface area contributed by atoms with Crippen LogP contribution in [0.3, 0.4) is 0 Å². The van der Waals surface area contributed by atoms with Crippen molar-refractivity contribution < 1.29 is 4.74 Å². The third-order valence-electron chi connectivity index (χ3n) is 2.67. The molecule has 1 aromatic rings. The quantitative estimate of drug-likeness (QED) is 0.901. The second-order valence-electron chi connectivity index (χ2n) is 4.73. The van der Waals surface area contributed by atoms with Crippen molar-refractivity contribution in [3.63, 3.8) is 0 Å². The van der Waals surface area contributed by atoms with Crippen molar-refractivity contribution in [3.8, 4) is 5.75 Å². The molecule has 1 unspecified atom stereocenters. The first-order valence-corrected chi connectivity index (χ1v) is 6.60. The number of hydrogen-bond donors (Lipinski definition) is 1. The molecule has 2 nitrogen and oxygen atoms in total. The molecule has 88 valence electrons. The van der Waals surface area contributed by atoms with Crippen molar-refractivity contribution in [2.24, 2.45) is 11.7 Å². The first-order valence-electron chi connectivity index (χ1n) is 5.81. The summed E-state index contributed by atoms with van der Waals surface area (Å²) in [5.74, 6) is 1.74. The minimum absolute atomic E-state index is 0.186. The van der Waals surface area contributed by atoms with Gasteiger partial charge < -0.3 is 10.5 Å². The van der Waals surface area contributed by atoms with Crippen molar-refractivity contribution in [1.82, 2.24) is 0 Å². The lowest BCUT2D eigenvalue weighted by Crippen LogP contribution is -2.17. The van der Waals surface area contributed by atoms with Gasteiger partial charge in [-0.2, -0.15) is 0 Å². The van der Waals surface area contributed by atoms with Gasteiger partial charge in [0.05, 0.1) is 6.61 Å². The molecule has 1 fully saturated rings. The van der Waals surface area contributed by atoms with E-state index in [1.807, 2.05) is 13.0 Å². The summed E-state index contributed by atoms with van der Waals surface area (Å²) < 4.78 is 6.83. The van der Waals surface area contributed by atoms with Crippen molar-refractivity contribution in [2.75, 3.05) is 6.61 Å². The van der Waals surface area contributed by atoms with Gasteiger partial charge in [-0.1, -0.05) is 15.9 Å². The molecular weight excluding hydrogens is 266 g/mol. The van der Waals surface area contributed by atoms with Crippen molar-refractivity contribution in [2.45, 2.75) is 32.2 Å². The lowest BCUT2D eigenvalue weighted by molar-refractivity contribution is 0.299. The fourth-order valence-electron chi connectivity index (χ4n) is 1.69. The van der Waals surface area contributed by atoms with Gasteiger partial charge in [-0.25, -0.2) is 0 Å². The Balaban J connectivity index is 2.01. The number of halogens is 1.